The number of ether oxygens (including phenoxy) is 1. The zero-order valence-corrected chi connectivity index (χ0v) is 21.0. The maximum absolute atomic E-state index is 13.4. The van der Waals surface area contributed by atoms with Gasteiger partial charge in [-0.25, -0.2) is 13.4 Å². The normalized spacial score (nSPS) is 41.6. The number of hydrogen-bond donors (Lipinski definition) is 2. The number of hydrazine groups is 1. The third-order valence-corrected chi connectivity index (χ3v) is 11.5. The molecule has 8 heteroatoms. The molecule has 0 spiro atoms. The van der Waals surface area contributed by atoms with Gasteiger partial charge in [-0.3, -0.25) is 4.79 Å². The fraction of sp³-hybridized carbons (Fsp3) is 0.800. The minimum absolute atomic E-state index is 0.0985. The first-order chi connectivity index (χ1) is 15.6. The highest BCUT2D eigenvalue weighted by molar-refractivity contribution is 7.91. The highest BCUT2D eigenvalue weighted by Crippen LogP contribution is 2.61. The number of nitrogens with zero attached hydrogens (tertiary/aromatic N) is 1. The third-order valence-electron chi connectivity index (χ3n) is 9.36. The van der Waals surface area contributed by atoms with Crippen LogP contribution in [0.4, 0.5) is 0 Å². The number of allylic oxidation sites excluding steroid dienone is 1. The second-order valence-electron chi connectivity index (χ2n) is 11.6. The first-order valence-corrected chi connectivity index (χ1v) is 14.2. The predicted octanol–water partition coefficient (Wildman–Crippen LogP) is 2.77. The molecule has 1 amide bonds. The van der Waals surface area contributed by atoms with Gasteiger partial charge in [0.05, 0.1) is 13.2 Å². The molecule has 2 N–H and O–H groups in total. The fourth-order valence-electron chi connectivity index (χ4n) is 7.45. The SMILES string of the molecule is CC(NC(=O)C1=CC(C)(S(=O)(=O)NN2CCOCC2)C(C)C=C1)C12CC3CC(CC(C3)C1)C2. The molecule has 1 saturated heterocycles. The van der Waals surface area contributed by atoms with E-state index in [1.807, 2.05) is 13.0 Å². The lowest BCUT2D eigenvalue weighted by Gasteiger charge is -2.59. The lowest BCUT2D eigenvalue weighted by atomic mass is 9.48. The quantitative estimate of drug-likeness (QED) is 0.614. The van der Waals surface area contributed by atoms with E-state index >= 15 is 0 Å². The summed E-state index contributed by atoms with van der Waals surface area (Å²) in [4.78, 5) is 16.1. The Morgan fingerprint density at radius 1 is 1.12 bits per heavy atom. The average molecular weight is 478 g/mol. The van der Waals surface area contributed by atoms with Gasteiger partial charge in [-0.15, -0.1) is 4.83 Å². The Kier molecular flexibility index (Phi) is 6.03. The molecular weight excluding hydrogens is 438 g/mol. The molecule has 3 atom stereocenters. The Balaban J connectivity index is 1.31. The molecule has 184 valence electrons. The van der Waals surface area contributed by atoms with E-state index in [4.69, 9.17) is 4.74 Å². The number of rotatable bonds is 6. The van der Waals surface area contributed by atoms with Crippen molar-refractivity contribution in [3.63, 3.8) is 0 Å². The summed E-state index contributed by atoms with van der Waals surface area (Å²) in [6.07, 6.45) is 13.1. The summed E-state index contributed by atoms with van der Waals surface area (Å²) in [6, 6.07) is 0.0985. The number of sulfonamides is 1. The van der Waals surface area contributed by atoms with Crippen molar-refractivity contribution in [1.82, 2.24) is 15.2 Å². The van der Waals surface area contributed by atoms with Gasteiger partial charge in [0.2, 0.25) is 10.0 Å². The van der Waals surface area contributed by atoms with Crippen LogP contribution in [-0.4, -0.2) is 56.4 Å². The summed E-state index contributed by atoms with van der Waals surface area (Å²) in [5.74, 6) is 2.06. The Bertz CT molecular complexity index is 917. The van der Waals surface area contributed by atoms with Crippen molar-refractivity contribution < 1.29 is 17.9 Å². The molecule has 7 nitrogen and oxygen atoms in total. The second kappa shape index (κ2) is 8.47. The fourth-order valence-corrected chi connectivity index (χ4v) is 9.02. The molecule has 0 radical (unpaired) electrons. The van der Waals surface area contributed by atoms with Gasteiger partial charge in [0.15, 0.2) is 0 Å². The van der Waals surface area contributed by atoms with Crippen LogP contribution in [0.25, 0.3) is 0 Å². The maximum atomic E-state index is 13.4. The van der Waals surface area contributed by atoms with Gasteiger partial charge in [0.1, 0.15) is 4.75 Å². The number of carbonyl (C=O) groups is 1. The third kappa shape index (κ3) is 4.21. The maximum Gasteiger partial charge on any atom is 0.251 e. The van der Waals surface area contributed by atoms with Crippen molar-refractivity contribution in [2.75, 3.05) is 26.3 Å². The minimum atomic E-state index is -3.75. The van der Waals surface area contributed by atoms with E-state index in [1.165, 1.54) is 38.5 Å². The molecule has 0 aromatic heterocycles. The van der Waals surface area contributed by atoms with Gasteiger partial charge < -0.3 is 10.1 Å². The molecule has 3 unspecified atom stereocenters. The van der Waals surface area contributed by atoms with E-state index in [2.05, 4.69) is 17.1 Å². The van der Waals surface area contributed by atoms with Crippen LogP contribution in [0.3, 0.4) is 0 Å². The first kappa shape index (κ1) is 23.5. The van der Waals surface area contributed by atoms with Gasteiger partial charge in [0.25, 0.3) is 5.91 Å². The largest absolute Gasteiger partial charge is 0.379 e. The van der Waals surface area contributed by atoms with E-state index in [9.17, 15) is 13.2 Å². The molecule has 1 heterocycles. The molecule has 5 aliphatic carbocycles. The number of carbonyl (C=O) groups excluding carboxylic acids is 1. The van der Waals surface area contributed by atoms with Gasteiger partial charge in [0, 0.05) is 24.7 Å². The lowest BCUT2D eigenvalue weighted by molar-refractivity contribution is -0.122. The second-order valence-corrected chi connectivity index (χ2v) is 13.7. The molecule has 4 bridgehead atoms. The first-order valence-electron chi connectivity index (χ1n) is 12.7. The van der Waals surface area contributed by atoms with E-state index in [1.54, 1.807) is 24.1 Å². The Labute approximate surface area is 198 Å². The summed E-state index contributed by atoms with van der Waals surface area (Å²) in [5, 5.41) is 4.98. The Morgan fingerprint density at radius 2 is 1.70 bits per heavy atom. The zero-order valence-electron chi connectivity index (χ0n) is 20.2. The minimum Gasteiger partial charge on any atom is -0.379 e. The van der Waals surface area contributed by atoms with Crippen molar-refractivity contribution in [2.45, 2.75) is 70.1 Å². The summed E-state index contributed by atoms with van der Waals surface area (Å²) in [7, 11) is -3.75. The smallest absolute Gasteiger partial charge is 0.251 e. The number of nitrogens with one attached hydrogen (secondary N) is 2. The van der Waals surface area contributed by atoms with Crippen molar-refractivity contribution in [3.05, 3.63) is 23.8 Å². The molecule has 0 aromatic carbocycles. The molecule has 4 saturated carbocycles. The zero-order chi connectivity index (χ0) is 23.4. The molecule has 6 rings (SSSR count). The predicted molar refractivity (Wildman–Crippen MR) is 127 cm³/mol. The van der Waals surface area contributed by atoms with Crippen LogP contribution in [0.5, 0.6) is 0 Å². The van der Waals surface area contributed by atoms with Gasteiger partial charge in [-0.05, 0) is 87.5 Å². The summed E-state index contributed by atoms with van der Waals surface area (Å²) >= 11 is 0. The van der Waals surface area contributed by atoms with Gasteiger partial charge in [-0.2, -0.15) is 0 Å². The highest BCUT2D eigenvalue weighted by atomic mass is 32.2. The van der Waals surface area contributed by atoms with Crippen LogP contribution >= 0.6 is 0 Å². The topological polar surface area (TPSA) is 87.7 Å². The van der Waals surface area contributed by atoms with Crippen molar-refractivity contribution in [3.8, 4) is 0 Å². The van der Waals surface area contributed by atoms with E-state index < -0.39 is 14.8 Å². The van der Waals surface area contributed by atoms with Crippen molar-refractivity contribution in [1.29, 1.82) is 0 Å². The average Bonchev–Trinajstić information content (AvgIpc) is 2.75. The molecule has 6 aliphatic rings. The molecule has 0 aromatic rings. The molecule has 5 fully saturated rings. The van der Waals surface area contributed by atoms with Gasteiger partial charge >= 0.3 is 0 Å². The highest BCUT2D eigenvalue weighted by Gasteiger charge is 2.53. The van der Waals surface area contributed by atoms with Crippen LogP contribution < -0.4 is 10.1 Å². The molecule has 1 aliphatic heterocycles. The van der Waals surface area contributed by atoms with Crippen LogP contribution in [0, 0.1) is 29.1 Å². The van der Waals surface area contributed by atoms with Crippen LogP contribution in [0.2, 0.25) is 0 Å². The number of hydrogen-bond acceptors (Lipinski definition) is 5. The summed E-state index contributed by atoms with van der Waals surface area (Å²) < 4.78 is 30.9. The van der Waals surface area contributed by atoms with Gasteiger partial charge in [-0.1, -0.05) is 19.1 Å². The number of morpholine rings is 1. The standard InChI is InChI=1S/C25H39N3O4S/c1-17-4-5-22(16-24(17,3)33(30,31)27-28-6-8-32-9-7-28)23(29)26-18(2)25-13-19-10-20(14-25)12-21(11-19)15-25/h4-5,16-21,27H,6-15H2,1-3H3,(H,26,29). The van der Waals surface area contributed by atoms with E-state index in [0.29, 0.717) is 31.9 Å². The Morgan fingerprint density at radius 3 is 2.27 bits per heavy atom. The Hall–Kier alpha value is -1.22. The lowest BCUT2D eigenvalue weighted by Crippen LogP contribution is -2.57. The molecule has 33 heavy (non-hydrogen) atoms. The van der Waals surface area contributed by atoms with Crippen LogP contribution in [-0.2, 0) is 19.6 Å². The number of amides is 1. The van der Waals surface area contributed by atoms with Crippen molar-refractivity contribution >= 4 is 15.9 Å². The van der Waals surface area contributed by atoms with Crippen LogP contribution in [0.15, 0.2) is 23.8 Å². The van der Waals surface area contributed by atoms with Crippen molar-refractivity contribution in [2.24, 2.45) is 29.1 Å². The summed E-state index contributed by atoms with van der Waals surface area (Å²) in [6.45, 7) is 7.79. The van der Waals surface area contributed by atoms with E-state index in [-0.39, 0.29) is 23.3 Å². The molecular formula is C25H39N3O4S. The van der Waals surface area contributed by atoms with E-state index in [0.717, 1.165) is 17.8 Å². The van der Waals surface area contributed by atoms with Crippen LogP contribution in [0.1, 0.15) is 59.3 Å². The summed E-state index contributed by atoms with van der Waals surface area (Å²) in [5.41, 5.74) is 0.656. The monoisotopic (exact) mass is 477 g/mol.